The normalized spacial score (nSPS) is 16.9. The summed E-state index contributed by atoms with van der Waals surface area (Å²) in [5, 5.41) is 0.656. The lowest BCUT2D eigenvalue weighted by molar-refractivity contribution is 0.553. The van der Waals surface area contributed by atoms with Crippen LogP contribution in [0.1, 0.15) is 30.2 Å². The lowest BCUT2D eigenvalue weighted by Gasteiger charge is -2.17. The average molecular weight is 342 g/mol. The molecule has 0 spiro atoms. The Morgan fingerprint density at radius 1 is 1.19 bits per heavy atom. The van der Waals surface area contributed by atoms with Crippen LogP contribution in [0.4, 0.5) is 0 Å². The number of sulfonamides is 1. The maximum absolute atomic E-state index is 12.5. The van der Waals surface area contributed by atoms with E-state index >= 15 is 0 Å². The number of rotatable bonds is 5. The zero-order valence-electron chi connectivity index (χ0n) is 11.6. The molecule has 1 aliphatic carbocycles. The molecule has 0 saturated heterocycles. The Balaban J connectivity index is 1.86. The maximum atomic E-state index is 12.5. The second-order valence-electron chi connectivity index (χ2n) is 5.27. The van der Waals surface area contributed by atoms with Gasteiger partial charge >= 0.3 is 0 Å². The average Bonchev–Trinajstić information content (AvgIpc) is 3.05. The van der Waals surface area contributed by atoms with Crippen LogP contribution in [-0.2, 0) is 22.0 Å². The minimum atomic E-state index is -3.47. The third-order valence-corrected chi connectivity index (χ3v) is 7.24. The molecule has 112 valence electrons. The summed E-state index contributed by atoms with van der Waals surface area (Å²) in [4.78, 5) is 1.08. The summed E-state index contributed by atoms with van der Waals surface area (Å²) in [6.45, 7) is 2.02. The number of nitrogens with one attached hydrogen (secondary N) is 1. The highest BCUT2D eigenvalue weighted by molar-refractivity contribution is 7.91. The van der Waals surface area contributed by atoms with Crippen molar-refractivity contribution in [1.82, 2.24) is 4.72 Å². The number of thiophene rings is 1. The standard InChI is InChI=1S/C15H16ClNO2S2/c1-2-13-7-8-14(20-13)21(18,19)17-15(9-10-15)11-3-5-12(16)6-4-11/h3-8,17H,2,9-10H2,1H3. The molecular formula is C15H16ClNO2S2. The third kappa shape index (κ3) is 3.01. The molecule has 3 nitrogen and oxygen atoms in total. The van der Waals surface area contributed by atoms with Crippen molar-refractivity contribution < 1.29 is 8.42 Å². The van der Waals surface area contributed by atoms with E-state index < -0.39 is 15.6 Å². The van der Waals surface area contributed by atoms with Crippen LogP contribution < -0.4 is 4.72 Å². The van der Waals surface area contributed by atoms with Gasteiger partial charge in [0.2, 0.25) is 0 Å². The van der Waals surface area contributed by atoms with Crippen molar-refractivity contribution in [1.29, 1.82) is 0 Å². The maximum Gasteiger partial charge on any atom is 0.250 e. The monoisotopic (exact) mass is 341 g/mol. The Hall–Kier alpha value is -0.880. The van der Waals surface area contributed by atoms with Gasteiger partial charge in [0.1, 0.15) is 4.21 Å². The van der Waals surface area contributed by atoms with Crippen molar-refractivity contribution >= 4 is 33.0 Å². The predicted octanol–water partition coefficient (Wildman–Crippen LogP) is 3.93. The first-order chi connectivity index (χ1) is 9.95. The molecule has 0 radical (unpaired) electrons. The zero-order chi connectivity index (χ0) is 15.1. The quantitative estimate of drug-likeness (QED) is 0.895. The van der Waals surface area contributed by atoms with Crippen molar-refractivity contribution in [2.45, 2.75) is 35.9 Å². The molecule has 0 amide bonds. The van der Waals surface area contributed by atoms with Gasteiger partial charge in [0, 0.05) is 9.90 Å². The fourth-order valence-electron chi connectivity index (χ4n) is 2.34. The SMILES string of the molecule is CCc1ccc(S(=O)(=O)NC2(c3ccc(Cl)cc3)CC2)s1. The van der Waals surface area contributed by atoms with Crippen LogP contribution in [0.25, 0.3) is 0 Å². The van der Waals surface area contributed by atoms with Gasteiger partial charge in [-0.3, -0.25) is 0 Å². The molecule has 1 aromatic carbocycles. The van der Waals surface area contributed by atoms with E-state index in [1.54, 1.807) is 18.2 Å². The molecule has 0 bridgehead atoms. The largest absolute Gasteiger partial charge is 0.250 e. The summed E-state index contributed by atoms with van der Waals surface area (Å²) in [6.07, 6.45) is 2.49. The van der Waals surface area contributed by atoms with Gasteiger partial charge in [-0.15, -0.1) is 11.3 Å². The highest BCUT2D eigenvalue weighted by Crippen LogP contribution is 2.47. The highest BCUT2D eigenvalue weighted by Gasteiger charge is 2.47. The van der Waals surface area contributed by atoms with Crippen LogP contribution in [0.3, 0.4) is 0 Å². The lowest BCUT2D eigenvalue weighted by atomic mass is 10.1. The Kier molecular flexibility index (Phi) is 3.86. The first-order valence-corrected chi connectivity index (χ1v) is 9.52. The van der Waals surface area contributed by atoms with Crippen LogP contribution in [0, 0.1) is 0 Å². The molecule has 1 aromatic heterocycles. The number of halogens is 1. The fourth-order valence-corrected chi connectivity index (χ4v) is 5.21. The Labute approximate surface area is 134 Å². The minimum absolute atomic E-state index is 0.389. The Morgan fingerprint density at radius 3 is 2.38 bits per heavy atom. The first-order valence-electron chi connectivity index (χ1n) is 6.84. The molecule has 1 saturated carbocycles. The molecule has 1 heterocycles. The summed E-state index contributed by atoms with van der Waals surface area (Å²) in [5.74, 6) is 0. The molecule has 0 atom stereocenters. The number of aryl methyl sites for hydroxylation is 1. The van der Waals surface area contributed by atoms with Gasteiger partial charge in [0.15, 0.2) is 0 Å². The van der Waals surface area contributed by atoms with Crippen LogP contribution in [-0.4, -0.2) is 8.42 Å². The molecule has 1 aliphatic rings. The zero-order valence-corrected chi connectivity index (χ0v) is 14.0. The van der Waals surface area contributed by atoms with E-state index in [9.17, 15) is 8.42 Å². The summed E-state index contributed by atoms with van der Waals surface area (Å²) in [6, 6.07) is 10.9. The second kappa shape index (κ2) is 5.39. The van der Waals surface area contributed by atoms with Gasteiger partial charge in [-0.25, -0.2) is 8.42 Å². The summed E-state index contributed by atoms with van der Waals surface area (Å²) in [5.41, 5.74) is 0.516. The predicted molar refractivity (Wildman–Crippen MR) is 86.4 cm³/mol. The smallest absolute Gasteiger partial charge is 0.206 e. The van der Waals surface area contributed by atoms with Gasteiger partial charge in [0.05, 0.1) is 5.54 Å². The van der Waals surface area contributed by atoms with E-state index in [1.807, 2.05) is 25.1 Å². The lowest BCUT2D eigenvalue weighted by Crippen LogP contribution is -2.34. The second-order valence-corrected chi connectivity index (χ2v) is 8.78. The fraction of sp³-hybridized carbons (Fsp3) is 0.333. The van der Waals surface area contributed by atoms with Crippen molar-refractivity contribution in [3.63, 3.8) is 0 Å². The van der Waals surface area contributed by atoms with Crippen LogP contribution in [0.15, 0.2) is 40.6 Å². The van der Waals surface area contributed by atoms with Crippen molar-refractivity contribution in [3.05, 3.63) is 51.9 Å². The van der Waals surface area contributed by atoms with E-state index in [0.717, 1.165) is 29.7 Å². The summed E-state index contributed by atoms with van der Waals surface area (Å²) in [7, 11) is -3.47. The summed E-state index contributed by atoms with van der Waals surface area (Å²) < 4.78 is 28.3. The number of hydrogen-bond donors (Lipinski definition) is 1. The third-order valence-electron chi connectivity index (χ3n) is 3.73. The van der Waals surface area contributed by atoms with E-state index in [0.29, 0.717) is 9.23 Å². The molecule has 3 rings (SSSR count). The van der Waals surface area contributed by atoms with Crippen LogP contribution in [0.5, 0.6) is 0 Å². The molecule has 0 aliphatic heterocycles. The number of benzene rings is 1. The van der Waals surface area contributed by atoms with Crippen molar-refractivity contribution in [2.24, 2.45) is 0 Å². The molecule has 1 N–H and O–H groups in total. The summed E-state index contributed by atoms with van der Waals surface area (Å²) >= 11 is 7.23. The topological polar surface area (TPSA) is 46.2 Å². The highest BCUT2D eigenvalue weighted by atomic mass is 35.5. The molecule has 6 heteroatoms. The van der Waals surface area contributed by atoms with E-state index in [1.165, 1.54) is 11.3 Å². The van der Waals surface area contributed by atoms with Gasteiger partial charge in [-0.2, -0.15) is 4.72 Å². The van der Waals surface area contributed by atoms with E-state index in [2.05, 4.69) is 4.72 Å². The Morgan fingerprint density at radius 2 is 1.86 bits per heavy atom. The minimum Gasteiger partial charge on any atom is -0.206 e. The molecule has 2 aromatic rings. The van der Waals surface area contributed by atoms with Gasteiger partial charge in [0.25, 0.3) is 10.0 Å². The van der Waals surface area contributed by atoms with Gasteiger partial charge in [-0.1, -0.05) is 30.7 Å². The van der Waals surface area contributed by atoms with Crippen molar-refractivity contribution in [3.8, 4) is 0 Å². The number of hydrogen-bond acceptors (Lipinski definition) is 3. The van der Waals surface area contributed by atoms with E-state index in [-0.39, 0.29) is 0 Å². The Bertz CT molecular complexity index is 746. The van der Waals surface area contributed by atoms with E-state index in [4.69, 9.17) is 11.6 Å². The molecular weight excluding hydrogens is 326 g/mol. The van der Waals surface area contributed by atoms with Crippen LogP contribution in [0.2, 0.25) is 5.02 Å². The van der Waals surface area contributed by atoms with Crippen LogP contribution >= 0.6 is 22.9 Å². The van der Waals surface area contributed by atoms with Gasteiger partial charge in [-0.05, 0) is 49.1 Å². The van der Waals surface area contributed by atoms with Crippen molar-refractivity contribution in [2.75, 3.05) is 0 Å². The first kappa shape index (κ1) is 15.0. The molecule has 1 fully saturated rings. The molecule has 0 unspecified atom stereocenters. The van der Waals surface area contributed by atoms with Gasteiger partial charge < -0.3 is 0 Å². The molecule has 21 heavy (non-hydrogen) atoms.